The molecule has 0 fully saturated rings. The van der Waals surface area contributed by atoms with Crippen molar-refractivity contribution in [1.82, 2.24) is 10.4 Å². The van der Waals surface area contributed by atoms with Gasteiger partial charge in [-0.05, 0) is 45.8 Å². The SMILES string of the molecule is COc1cc(C=NNC(=O)CSc2nc3ccccc3s2)cc(Br)c1OC. The van der Waals surface area contributed by atoms with E-state index in [1.165, 1.54) is 11.8 Å². The maximum absolute atomic E-state index is 12.0. The molecule has 1 amide bonds. The number of thioether (sulfide) groups is 1. The van der Waals surface area contributed by atoms with E-state index in [0.29, 0.717) is 11.5 Å². The van der Waals surface area contributed by atoms with E-state index in [2.05, 4.69) is 31.4 Å². The lowest BCUT2D eigenvalue weighted by Crippen LogP contribution is -2.19. The Bertz CT molecular complexity index is 958. The number of fused-ring (bicyclic) bond motifs is 1. The first-order valence-electron chi connectivity index (χ1n) is 7.82. The largest absolute Gasteiger partial charge is 0.493 e. The van der Waals surface area contributed by atoms with Crippen LogP contribution in [-0.2, 0) is 4.79 Å². The van der Waals surface area contributed by atoms with Gasteiger partial charge in [0.2, 0.25) is 0 Å². The second-order valence-corrected chi connectivity index (χ2v) is 8.38. The lowest BCUT2D eigenvalue weighted by atomic mass is 10.2. The smallest absolute Gasteiger partial charge is 0.250 e. The van der Waals surface area contributed by atoms with E-state index in [-0.39, 0.29) is 11.7 Å². The number of halogens is 1. The number of benzene rings is 2. The summed E-state index contributed by atoms with van der Waals surface area (Å²) in [5, 5.41) is 4.00. The third kappa shape index (κ3) is 5.00. The summed E-state index contributed by atoms with van der Waals surface area (Å²) in [6.45, 7) is 0. The first-order chi connectivity index (χ1) is 13.1. The number of carbonyl (C=O) groups excluding carboxylic acids is 1. The Hall–Kier alpha value is -2.10. The number of carbonyl (C=O) groups is 1. The Morgan fingerprint density at radius 1 is 1.33 bits per heavy atom. The molecule has 1 aromatic heterocycles. The van der Waals surface area contributed by atoms with Crippen LogP contribution in [0.5, 0.6) is 11.5 Å². The molecule has 0 aliphatic heterocycles. The summed E-state index contributed by atoms with van der Waals surface area (Å²) in [5.74, 6) is 1.22. The number of hydrazone groups is 1. The van der Waals surface area contributed by atoms with Crippen LogP contribution in [-0.4, -0.2) is 37.1 Å². The average molecular weight is 466 g/mol. The molecule has 0 radical (unpaired) electrons. The van der Waals surface area contributed by atoms with Crippen molar-refractivity contribution in [2.75, 3.05) is 20.0 Å². The zero-order chi connectivity index (χ0) is 19.2. The Balaban J connectivity index is 1.56. The molecule has 1 N–H and O–H groups in total. The van der Waals surface area contributed by atoms with Gasteiger partial charge in [-0.15, -0.1) is 11.3 Å². The van der Waals surface area contributed by atoms with Gasteiger partial charge in [-0.1, -0.05) is 23.9 Å². The van der Waals surface area contributed by atoms with E-state index >= 15 is 0 Å². The van der Waals surface area contributed by atoms with Crippen LogP contribution in [0.1, 0.15) is 5.56 Å². The molecule has 3 aromatic rings. The standard InChI is InChI=1S/C18H16BrN3O3S2/c1-24-14-8-11(7-12(19)17(14)25-2)9-20-22-16(23)10-26-18-21-13-5-3-4-6-15(13)27-18/h3-9H,10H2,1-2H3,(H,22,23). The van der Waals surface area contributed by atoms with Gasteiger partial charge >= 0.3 is 0 Å². The number of nitrogens with one attached hydrogen (secondary N) is 1. The van der Waals surface area contributed by atoms with Crippen LogP contribution < -0.4 is 14.9 Å². The number of rotatable bonds is 7. The minimum atomic E-state index is -0.199. The molecule has 0 saturated carbocycles. The number of aromatic nitrogens is 1. The molecule has 3 rings (SSSR count). The molecule has 27 heavy (non-hydrogen) atoms. The number of ether oxygens (including phenoxy) is 2. The minimum Gasteiger partial charge on any atom is -0.493 e. The summed E-state index contributed by atoms with van der Waals surface area (Å²) in [6.07, 6.45) is 1.55. The molecule has 2 aromatic carbocycles. The third-order valence-electron chi connectivity index (χ3n) is 3.46. The molecule has 0 saturated heterocycles. The van der Waals surface area contributed by atoms with Gasteiger partial charge in [-0.2, -0.15) is 5.10 Å². The lowest BCUT2D eigenvalue weighted by molar-refractivity contribution is -0.118. The van der Waals surface area contributed by atoms with Crippen molar-refractivity contribution in [3.8, 4) is 11.5 Å². The summed E-state index contributed by atoms with van der Waals surface area (Å²) in [5.41, 5.74) is 4.23. The second-order valence-electron chi connectivity index (χ2n) is 5.27. The molecule has 0 unspecified atom stereocenters. The van der Waals surface area contributed by atoms with Gasteiger partial charge in [0, 0.05) is 0 Å². The van der Waals surface area contributed by atoms with Crippen LogP contribution in [0.2, 0.25) is 0 Å². The van der Waals surface area contributed by atoms with Crippen LogP contribution in [0.25, 0.3) is 10.2 Å². The quantitative estimate of drug-likeness (QED) is 0.319. The van der Waals surface area contributed by atoms with Gasteiger partial charge in [-0.25, -0.2) is 10.4 Å². The van der Waals surface area contributed by atoms with Gasteiger partial charge < -0.3 is 9.47 Å². The van der Waals surface area contributed by atoms with Crippen molar-refractivity contribution >= 4 is 61.4 Å². The van der Waals surface area contributed by atoms with Gasteiger partial charge in [0.1, 0.15) is 0 Å². The van der Waals surface area contributed by atoms with Crippen molar-refractivity contribution in [2.24, 2.45) is 5.10 Å². The zero-order valence-corrected chi connectivity index (χ0v) is 17.8. The highest BCUT2D eigenvalue weighted by Gasteiger charge is 2.10. The molecule has 0 spiro atoms. The topological polar surface area (TPSA) is 72.8 Å². The molecular formula is C18H16BrN3O3S2. The predicted octanol–water partition coefficient (Wildman–Crippen LogP) is 4.32. The van der Waals surface area contributed by atoms with E-state index in [1.54, 1.807) is 37.8 Å². The van der Waals surface area contributed by atoms with Crippen molar-refractivity contribution < 1.29 is 14.3 Å². The van der Waals surface area contributed by atoms with E-state index in [1.807, 2.05) is 30.3 Å². The second kappa shape index (κ2) is 9.20. The summed E-state index contributed by atoms with van der Waals surface area (Å²) < 4.78 is 13.3. The normalized spacial score (nSPS) is 11.1. The average Bonchev–Trinajstić information content (AvgIpc) is 3.09. The van der Waals surface area contributed by atoms with Gasteiger partial charge in [0.25, 0.3) is 5.91 Å². The van der Waals surface area contributed by atoms with Crippen LogP contribution in [0.3, 0.4) is 0 Å². The third-order valence-corrected chi connectivity index (χ3v) is 6.23. The van der Waals surface area contributed by atoms with Gasteiger partial charge in [-0.3, -0.25) is 4.79 Å². The van der Waals surface area contributed by atoms with Crippen molar-refractivity contribution in [1.29, 1.82) is 0 Å². The van der Waals surface area contributed by atoms with Gasteiger partial charge in [0.15, 0.2) is 15.8 Å². The molecule has 0 aliphatic rings. The van der Waals surface area contributed by atoms with Crippen LogP contribution >= 0.6 is 39.0 Å². The number of hydrogen-bond acceptors (Lipinski definition) is 7. The molecular weight excluding hydrogens is 450 g/mol. The molecule has 9 heteroatoms. The molecule has 140 valence electrons. The molecule has 6 nitrogen and oxygen atoms in total. The summed E-state index contributed by atoms with van der Waals surface area (Å²) in [4.78, 5) is 16.5. The number of hydrogen-bond donors (Lipinski definition) is 1. The van der Waals surface area contributed by atoms with Crippen LogP contribution in [0.4, 0.5) is 0 Å². The first kappa shape index (κ1) is 19.7. The Morgan fingerprint density at radius 2 is 2.15 bits per heavy atom. The fourth-order valence-electron chi connectivity index (χ4n) is 2.26. The van der Waals surface area contributed by atoms with E-state index in [0.717, 1.165) is 24.6 Å². The molecule has 0 atom stereocenters. The number of amides is 1. The number of thiazole rings is 1. The van der Waals surface area contributed by atoms with Crippen molar-refractivity contribution in [2.45, 2.75) is 4.34 Å². The van der Waals surface area contributed by atoms with Gasteiger partial charge in [0.05, 0.1) is 40.9 Å². The van der Waals surface area contributed by atoms with Crippen LogP contribution in [0, 0.1) is 0 Å². The van der Waals surface area contributed by atoms with Crippen molar-refractivity contribution in [3.63, 3.8) is 0 Å². The lowest BCUT2D eigenvalue weighted by Gasteiger charge is -2.10. The van der Waals surface area contributed by atoms with E-state index < -0.39 is 0 Å². The maximum Gasteiger partial charge on any atom is 0.250 e. The monoisotopic (exact) mass is 465 g/mol. The Kier molecular flexibility index (Phi) is 6.70. The Morgan fingerprint density at radius 3 is 2.89 bits per heavy atom. The summed E-state index contributed by atoms with van der Waals surface area (Å²) in [7, 11) is 3.13. The predicted molar refractivity (Wildman–Crippen MR) is 113 cm³/mol. The number of nitrogens with zero attached hydrogens (tertiary/aromatic N) is 2. The fourth-order valence-corrected chi connectivity index (χ4v) is 4.75. The fraction of sp³-hybridized carbons (Fsp3) is 0.167. The molecule has 1 heterocycles. The van der Waals surface area contributed by atoms with Crippen molar-refractivity contribution in [3.05, 3.63) is 46.4 Å². The Labute approximate surface area is 173 Å². The number of para-hydroxylation sites is 1. The highest BCUT2D eigenvalue weighted by molar-refractivity contribution is 9.10. The van der Waals surface area contributed by atoms with E-state index in [4.69, 9.17) is 9.47 Å². The highest BCUT2D eigenvalue weighted by atomic mass is 79.9. The number of methoxy groups -OCH3 is 2. The summed E-state index contributed by atoms with van der Waals surface area (Å²) >= 11 is 6.38. The van der Waals surface area contributed by atoms with Crippen LogP contribution in [0.15, 0.2) is 50.3 Å². The van der Waals surface area contributed by atoms with E-state index in [9.17, 15) is 4.79 Å². The molecule has 0 aliphatic carbocycles. The summed E-state index contributed by atoms with van der Waals surface area (Å²) in [6, 6.07) is 11.5. The maximum atomic E-state index is 12.0. The molecule has 0 bridgehead atoms. The first-order valence-corrected chi connectivity index (χ1v) is 10.4. The highest BCUT2D eigenvalue weighted by Crippen LogP contribution is 2.35. The minimum absolute atomic E-state index is 0.199. The zero-order valence-electron chi connectivity index (χ0n) is 14.6.